The van der Waals surface area contributed by atoms with Crippen LogP contribution >= 0.6 is 0 Å². The Morgan fingerprint density at radius 1 is 1.54 bits per heavy atom. The SMILES string of the molecule is CCCNCc1cccn1C(F)F. The molecule has 0 spiro atoms. The first-order valence-corrected chi connectivity index (χ1v) is 4.40. The van der Waals surface area contributed by atoms with Crippen molar-refractivity contribution in [3.05, 3.63) is 24.0 Å². The van der Waals surface area contributed by atoms with E-state index in [1.165, 1.54) is 6.20 Å². The lowest BCUT2D eigenvalue weighted by Gasteiger charge is -2.08. The second kappa shape index (κ2) is 4.97. The fourth-order valence-corrected chi connectivity index (χ4v) is 1.16. The summed E-state index contributed by atoms with van der Waals surface area (Å²) in [5.74, 6) is 0. The molecule has 4 heteroatoms. The Morgan fingerprint density at radius 2 is 2.31 bits per heavy atom. The van der Waals surface area contributed by atoms with E-state index in [9.17, 15) is 8.78 Å². The summed E-state index contributed by atoms with van der Waals surface area (Å²) in [5.41, 5.74) is 0.628. The third-order valence-corrected chi connectivity index (χ3v) is 1.81. The Kier molecular flexibility index (Phi) is 3.89. The van der Waals surface area contributed by atoms with Crippen LogP contribution in [0.25, 0.3) is 0 Å². The average Bonchev–Trinajstić information content (AvgIpc) is 2.53. The van der Waals surface area contributed by atoms with Crippen LogP contribution < -0.4 is 5.32 Å². The van der Waals surface area contributed by atoms with E-state index in [0.29, 0.717) is 12.2 Å². The molecule has 0 amide bonds. The highest BCUT2D eigenvalue weighted by Crippen LogP contribution is 2.13. The van der Waals surface area contributed by atoms with Gasteiger partial charge in [0.15, 0.2) is 0 Å². The molecule has 2 nitrogen and oxygen atoms in total. The van der Waals surface area contributed by atoms with Gasteiger partial charge >= 0.3 is 6.55 Å². The predicted octanol–water partition coefficient (Wildman–Crippen LogP) is 2.38. The summed E-state index contributed by atoms with van der Waals surface area (Å²) in [4.78, 5) is 0. The molecule has 74 valence electrons. The molecule has 1 aromatic heterocycles. The minimum Gasteiger partial charge on any atom is -0.311 e. The molecule has 0 fully saturated rings. The molecular weight excluding hydrogens is 174 g/mol. The summed E-state index contributed by atoms with van der Waals surface area (Å²) in [6, 6.07) is 3.34. The first kappa shape index (κ1) is 10.2. The molecule has 1 N–H and O–H groups in total. The molecule has 0 bridgehead atoms. The maximum Gasteiger partial charge on any atom is 0.318 e. The highest BCUT2D eigenvalue weighted by Gasteiger charge is 2.08. The van der Waals surface area contributed by atoms with Gasteiger partial charge in [0.25, 0.3) is 0 Å². The summed E-state index contributed by atoms with van der Waals surface area (Å²) >= 11 is 0. The van der Waals surface area contributed by atoms with E-state index in [4.69, 9.17) is 0 Å². The zero-order valence-corrected chi connectivity index (χ0v) is 7.63. The fourth-order valence-electron chi connectivity index (χ4n) is 1.16. The first-order chi connectivity index (χ1) is 6.25. The van der Waals surface area contributed by atoms with Gasteiger partial charge in [-0.2, -0.15) is 8.78 Å². The number of halogens is 2. The van der Waals surface area contributed by atoms with E-state index < -0.39 is 6.55 Å². The molecule has 0 radical (unpaired) electrons. The van der Waals surface area contributed by atoms with Gasteiger partial charge in [-0.15, -0.1) is 0 Å². The van der Waals surface area contributed by atoms with Crippen molar-refractivity contribution in [2.75, 3.05) is 6.54 Å². The minimum absolute atomic E-state index is 0.505. The average molecular weight is 188 g/mol. The van der Waals surface area contributed by atoms with E-state index in [1.54, 1.807) is 12.1 Å². The van der Waals surface area contributed by atoms with Gasteiger partial charge < -0.3 is 5.32 Å². The van der Waals surface area contributed by atoms with Crippen molar-refractivity contribution in [2.24, 2.45) is 0 Å². The van der Waals surface area contributed by atoms with Crippen LogP contribution in [0.2, 0.25) is 0 Å². The van der Waals surface area contributed by atoms with E-state index in [0.717, 1.165) is 17.5 Å². The number of nitrogens with zero attached hydrogens (tertiary/aromatic N) is 1. The number of hydrogen-bond acceptors (Lipinski definition) is 1. The number of aromatic nitrogens is 1. The van der Waals surface area contributed by atoms with E-state index in [2.05, 4.69) is 5.32 Å². The van der Waals surface area contributed by atoms with Gasteiger partial charge in [0.2, 0.25) is 0 Å². The zero-order chi connectivity index (χ0) is 9.68. The number of rotatable bonds is 5. The molecule has 0 saturated carbocycles. The van der Waals surface area contributed by atoms with Crippen LogP contribution in [0.3, 0.4) is 0 Å². The van der Waals surface area contributed by atoms with Gasteiger partial charge in [0.1, 0.15) is 0 Å². The van der Waals surface area contributed by atoms with Gasteiger partial charge in [-0.3, -0.25) is 4.57 Å². The highest BCUT2D eigenvalue weighted by atomic mass is 19.3. The molecule has 0 aliphatic carbocycles. The van der Waals surface area contributed by atoms with Gasteiger partial charge in [-0.05, 0) is 25.1 Å². The van der Waals surface area contributed by atoms with Crippen molar-refractivity contribution in [2.45, 2.75) is 26.4 Å². The van der Waals surface area contributed by atoms with Crippen LogP contribution in [0.15, 0.2) is 18.3 Å². The summed E-state index contributed by atoms with van der Waals surface area (Å²) in [7, 11) is 0. The predicted molar refractivity (Wildman–Crippen MR) is 47.7 cm³/mol. The number of nitrogens with one attached hydrogen (secondary N) is 1. The Balaban J connectivity index is 2.50. The van der Waals surface area contributed by atoms with Gasteiger partial charge in [0, 0.05) is 18.4 Å². The third-order valence-electron chi connectivity index (χ3n) is 1.81. The number of hydrogen-bond donors (Lipinski definition) is 1. The van der Waals surface area contributed by atoms with E-state index in [-0.39, 0.29) is 0 Å². The van der Waals surface area contributed by atoms with E-state index >= 15 is 0 Å². The van der Waals surface area contributed by atoms with Crippen molar-refractivity contribution in [3.8, 4) is 0 Å². The molecule has 0 saturated heterocycles. The largest absolute Gasteiger partial charge is 0.318 e. The third kappa shape index (κ3) is 2.81. The second-order valence-corrected chi connectivity index (χ2v) is 2.86. The molecule has 13 heavy (non-hydrogen) atoms. The Bertz CT molecular complexity index is 246. The summed E-state index contributed by atoms with van der Waals surface area (Å²) < 4.78 is 25.6. The molecule has 0 unspecified atom stereocenters. The molecule has 0 aromatic carbocycles. The molecule has 1 aromatic rings. The van der Waals surface area contributed by atoms with Crippen molar-refractivity contribution in [1.29, 1.82) is 0 Å². The van der Waals surface area contributed by atoms with Crippen molar-refractivity contribution in [1.82, 2.24) is 9.88 Å². The summed E-state index contributed by atoms with van der Waals surface area (Å²) in [6.45, 7) is 0.965. The van der Waals surface area contributed by atoms with Gasteiger partial charge in [0.05, 0.1) is 0 Å². The van der Waals surface area contributed by atoms with Gasteiger partial charge in [-0.1, -0.05) is 6.92 Å². The van der Waals surface area contributed by atoms with Crippen LogP contribution in [0.4, 0.5) is 8.78 Å². The molecule has 0 aliphatic rings. The quantitative estimate of drug-likeness (QED) is 0.702. The van der Waals surface area contributed by atoms with Crippen LogP contribution in [-0.2, 0) is 6.54 Å². The van der Waals surface area contributed by atoms with Crippen molar-refractivity contribution < 1.29 is 8.78 Å². The summed E-state index contributed by atoms with van der Waals surface area (Å²) in [6.07, 6.45) is 2.41. The molecule has 1 rings (SSSR count). The standard InChI is InChI=1S/C9H14F2N2/c1-2-5-12-7-8-4-3-6-13(8)9(10)11/h3-4,6,9,12H,2,5,7H2,1H3. The maximum atomic E-state index is 12.3. The van der Waals surface area contributed by atoms with E-state index in [1.807, 2.05) is 6.92 Å². The molecule has 0 atom stereocenters. The van der Waals surface area contributed by atoms with Crippen molar-refractivity contribution >= 4 is 0 Å². The fraction of sp³-hybridized carbons (Fsp3) is 0.556. The first-order valence-electron chi connectivity index (χ1n) is 4.40. The lowest BCUT2D eigenvalue weighted by atomic mass is 10.4. The Morgan fingerprint density at radius 3 is 2.92 bits per heavy atom. The lowest BCUT2D eigenvalue weighted by molar-refractivity contribution is 0.0674. The van der Waals surface area contributed by atoms with Crippen LogP contribution in [0, 0.1) is 0 Å². The number of alkyl halides is 2. The normalized spacial score (nSPS) is 11.1. The summed E-state index contributed by atoms with van der Waals surface area (Å²) in [5, 5.41) is 3.08. The molecule has 1 heterocycles. The molecule has 0 aliphatic heterocycles. The van der Waals surface area contributed by atoms with Crippen LogP contribution in [-0.4, -0.2) is 11.1 Å². The van der Waals surface area contributed by atoms with Crippen LogP contribution in [0.1, 0.15) is 25.6 Å². The molecular formula is C9H14F2N2. The Hall–Kier alpha value is -0.900. The minimum atomic E-state index is -2.44. The lowest BCUT2D eigenvalue weighted by Crippen LogP contribution is -2.16. The van der Waals surface area contributed by atoms with Gasteiger partial charge in [-0.25, -0.2) is 0 Å². The van der Waals surface area contributed by atoms with Crippen LogP contribution in [0.5, 0.6) is 0 Å². The topological polar surface area (TPSA) is 17.0 Å². The highest BCUT2D eigenvalue weighted by molar-refractivity contribution is 5.07. The zero-order valence-electron chi connectivity index (χ0n) is 7.63. The smallest absolute Gasteiger partial charge is 0.311 e. The second-order valence-electron chi connectivity index (χ2n) is 2.86. The Labute approximate surface area is 76.6 Å². The van der Waals surface area contributed by atoms with Crippen molar-refractivity contribution in [3.63, 3.8) is 0 Å². The monoisotopic (exact) mass is 188 g/mol. The maximum absolute atomic E-state index is 12.3.